The fourth-order valence-corrected chi connectivity index (χ4v) is 2.88. The molecule has 28 heavy (non-hydrogen) atoms. The normalized spacial score (nSPS) is 22.5. The zero-order chi connectivity index (χ0) is 20.3. The van der Waals surface area contributed by atoms with Crippen molar-refractivity contribution in [3.8, 4) is 6.07 Å². The summed E-state index contributed by atoms with van der Waals surface area (Å²) in [7, 11) is 0. The van der Waals surface area contributed by atoms with E-state index in [-0.39, 0.29) is 36.1 Å². The molecule has 0 bridgehead atoms. The monoisotopic (exact) mass is 393 g/mol. The van der Waals surface area contributed by atoms with E-state index in [0.717, 1.165) is 31.2 Å². The molecule has 0 amide bonds. The summed E-state index contributed by atoms with van der Waals surface area (Å²) >= 11 is 0. The molecular formula is C18H22F3N7. The summed E-state index contributed by atoms with van der Waals surface area (Å²) < 4.78 is 39.3. The van der Waals surface area contributed by atoms with Gasteiger partial charge in [0.1, 0.15) is 11.4 Å². The van der Waals surface area contributed by atoms with Gasteiger partial charge in [0.05, 0.1) is 23.4 Å². The number of aliphatic imine (C=N–C) groups is 1. The fraction of sp³-hybridized carbons (Fsp3) is 0.556. The highest BCUT2D eigenvalue weighted by Gasteiger charge is 2.38. The number of alkyl halides is 3. The minimum atomic E-state index is -4.55. The van der Waals surface area contributed by atoms with Crippen LogP contribution in [0.2, 0.25) is 0 Å². The van der Waals surface area contributed by atoms with E-state index in [1.54, 1.807) is 6.92 Å². The van der Waals surface area contributed by atoms with Crippen LogP contribution in [0.15, 0.2) is 23.1 Å². The minimum Gasteiger partial charge on any atom is -0.403 e. The van der Waals surface area contributed by atoms with Crippen LogP contribution in [0.5, 0.6) is 0 Å². The van der Waals surface area contributed by atoms with Crippen LogP contribution < -0.4 is 16.4 Å². The van der Waals surface area contributed by atoms with Gasteiger partial charge in [0.15, 0.2) is 0 Å². The number of anilines is 2. The van der Waals surface area contributed by atoms with Crippen molar-refractivity contribution in [3.05, 3.63) is 23.7 Å². The molecule has 0 spiro atoms. The standard InChI is InChI=1S/C18H22F3N7/c1-2-24-16-13(18(19,20)21)9-26-17(28-16)27-14(7-23)15(10-3-4-10)25-8-12-5-11(12)6-22/h7,9-12H,2-5,8,23H2,1H3,(H2,24,26,27,28)/b14-7+,25-15-/t11?,12-/m1/s1. The predicted molar refractivity (Wildman–Crippen MR) is 99.3 cm³/mol. The highest BCUT2D eigenvalue weighted by molar-refractivity contribution is 6.05. The second-order valence-corrected chi connectivity index (χ2v) is 6.92. The lowest BCUT2D eigenvalue weighted by atomic mass is 10.2. The molecule has 0 aliphatic heterocycles. The average Bonchev–Trinajstić information content (AvgIpc) is 3.55. The van der Waals surface area contributed by atoms with Crippen LogP contribution in [0.25, 0.3) is 0 Å². The summed E-state index contributed by atoms with van der Waals surface area (Å²) in [6, 6.07) is 2.23. The highest BCUT2D eigenvalue weighted by Crippen LogP contribution is 2.39. The Morgan fingerprint density at radius 2 is 2.21 bits per heavy atom. The van der Waals surface area contributed by atoms with Crippen molar-refractivity contribution in [2.24, 2.45) is 28.5 Å². The molecule has 0 saturated heterocycles. The number of nitrogens with one attached hydrogen (secondary N) is 2. The van der Waals surface area contributed by atoms with Gasteiger partial charge < -0.3 is 16.4 Å². The van der Waals surface area contributed by atoms with Crippen molar-refractivity contribution in [1.29, 1.82) is 5.26 Å². The van der Waals surface area contributed by atoms with Crippen molar-refractivity contribution in [2.45, 2.75) is 32.4 Å². The van der Waals surface area contributed by atoms with Crippen LogP contribution in [0.1, 0.15) is 31.7 Å². The molecule has 1 aromatic rings. The lowest BCUT2D eigenvalue weighted by Crippen LogP contribution is -2.19. The molecule has 0 radical (unpaired) electrons. The number of hydrogen-bond acceptors (Lipinski definition) is 7. The summed E-state index contributed by atoms with van der Waals surface area (Å²) in [5.74, 6) is 0.298. The van der Waals surface area contributed by atoms with Gasteiger partial charge >= 0.3 is 6.18 Å². The predicted octanol–water partition coefficient (Wildman–Crippen LogP) is 3.15. The molecule has 2 saturated carbocycles. The third-order valence-corrected chi connectivity index (χ3v) is 4.68. The maximum absolute atomic E-state index is 13.1. The number of nitrogens with zero attached hydrogens (tertiary/aromatic N) is 4. The van der Waals surface area contributed by atoms with Gasteiger partial charge in [-0.15, -0.1) is 0 Å². The first-order valence-corrected chi connectivity index (χ1v) is 9.18. The molecule has 10 heteroatoms. The Kier molecular flexibility index (Phi) is 5.72. The summed E-state index contributed by atoms with van der Waals surface area (Å²) in [6.45, 7) is 2.51. The second-order valence-electron chi connectivity index (χ2n) is 6.92. The Hall–Kier alpha value is -2.83. The molecule has 2 fully saturated rings. The van der Waals surface area contributed by atoms with Gasteiger partial charge in [-0.25, -0.2) is 4.98 Å². The summed E-state index contributed by atoms with van der Waals surface area (Å²) in [6.07, 6.45) is 0.324. The van der Waals surface area contributed by atoms with Crippen molar-refractivity contribution < 1.29 is 13.2 Å². The number of halogens is 3. The van der Waals surface area contributed by atoms with Crippen molar-refractivity contribution >= 4 is 17.5 Å². The number of hydrogen-bond donors (Lipinski definition) is 3. The first-order chi connectivity index (χ1) is 13.4. The number of allylic oxidation sites excluding steroid dienone is 1. The Balaban J connectivity index is 1.79. The molecule has 1 heterocycles. The SMILES string of the molecule is CCNc1nc(NC(=C/N)/C(=N\C[C@H]2CC2C#N)C2CC2)ncc1C(F)(F)F. The van der Waals surface area contributed by atoms with Crippen LogP contribution in [0.3, 0.4) is 0 Å². The van der Waals surface area contributed by atoms with E-state index in [2.05, 4.69) is 31.7 Å². The Bertz CT molecular complexity index is 821. The van der Waals surface area contributed by atoms with E-state index in [0.29, 0.717) is 12.2 Å². The third kappa shape index (κ3) is 4.71. The van der Waals surface area contributed by atoms with Gasteiger partial charge in [-0.1, -0.05) is 0 Å². The average molecular weight is 393 g/mol. The first-order valence-electron chi connectivity index (χ1n) is 9.18. The Morgan fingerprint density at radius 3 is 2.75 bits per heavy atom. The van der Waals surface area contributed by atoms with E-state index in [9.17, 15) is 13.2 Å². The van der Waals surface area contributed by atoms with E-state index in [4.69, 9.17) is 11.0 Å². The smallest absolute Gasteiger partial charge is 0.403 e. The van der Waals surface area contributed by atoms with Gasteiger partial charge in [-0.2, -0.15) is 23.4 Å². The quantitative estimate of drug-likeness (QED) is 0.585. The zero-order valence-corrected chi connectivity index (χ0v) is 15.4. The second kappa shape index (κ2) is 8.04. The highest BCUT2D eigenvalue weighted by atomic mass is 19.4. The number of rotatable bonds is 8. The molecular weight excluding hydrogens is 371 g/mol. The fourth-order valence-electron chi connectivity index (χ4n) is 2.88. The maximum atomic E-state index is 13.1. The van der Waals surface area contributed by atoms with E-state index in [1.165, 1.54) is 6.20 Å². The van der Waals surface area contributed by atoms with Crippen molar-refractivity contribution in [2.75, 3.05) is 23.7 Å². The number of nitriles is 1. The molecule has 0 aromatic carbocycles. The molecule has 1 unspecified atom stereocenters. The van der Waals surface area contributed by atoms with Gasteiger partial charge in [-0.05, 0) is 32.1 Å². The van der Waals surface area contributed by atoms with Crippen LogP contribution in [0, 0.1) is 29.1 Å². The minimum absolute atomic E-state index is 0.00956. The van der Waals surface area contributed by atoms with Gasteiger partial charge in [-0.3, -0.25) is 4.99 Å². The summed E-state index contributed by atoms with van der Waals surface area (Å²) in [4.78, 5) is 12.4. The van der Waals surface area contributed by atoms with E-state index >= 15 is 0 Å². The van der Waals surface area contributed by atoms with E-state index < -0.39 is 11.7 Å². The molecule has 1 aromatic heterocycles. The third-order valence-electron chi connectivity index (χ3n) is 4.68. The molecule has 2 aliphatic rings. The lowest BCUT2D eigenvalue weighted by molar-refractivity contribution is -0.137. The molecule has 2 aliphatic carbocycles. The topological polar surface area (TPSA) is 112 Å². The van der Waals surface area contributed by atoms with Gasteiger partial charge in [0.25, 0.3) is 0 Å². The van der Waals surface area contributed by atoms with Crippen molar-refractivity contribution in [3.63, 3.8) is 0 Å². The number of nitrogens with two attached hydrogens (primary N) is 1. The first kappa shape index (κ1) is 19.9. The molecule has 3 rings (SSSR count). The zero-order valence-electron chi connectivity index (χ0n) is 15.4. The maximum Gasteiger partial charge on any atom is 0.421 e. The summed E-state index contributed by atoms with van der Waals surface area (Å²) in [5, 5.41) is 14.4. The molecule has 2 atom stereocenters. The van der Waals surface area contributed by atoms with E-state index in [1.807, 2.05) is 0 Å². The van der Waals surface area contributed by atoms with Crippen LogP contribution in [-0.2, 0) is 6.18 Å². The number of aromatic nitrogens is 2. The summed E-state index contributed by atoms with van der Waals surface area (Å²) in [5.41, 5.74) is 6.07. The lowest BCUT2D eigenvalue weighted by Gasteiger charge is -2.16. The van der Waals surface area contributed by atoms with Gasteiger partial charge in [0, 0.05) is 31.4 Å². The van der Waals surface area contributed by atoms with Crippen LogP contribution >= 0.6 is 0 Å². The Labute approximate surface area is 161 Å². The molecule has 7 nitrogen and oxygen atoms in total. The Morgan fingerprint density at radius 1 is 1.46 bits per heavy atom. The largest absolute Gasteiger partial charge is 0.421 e. The molecule has 4 N–H and O–H groups in total. The van der Waals surface area contributed by atoms with Crippen molar-refractivity contribution in [1.82, 2.24) is 9.97 Å². The molecule has 150 valence electrons. The van der Waals surface area contributed by atoms with Gasteiger partial charge in [0.2, 0.25) is 5.95 Å². The van der Waals surface area contributed by atoms with Crippen LogP contribution in [0.4, 0.5) is 24.9 Å². The van der Waals surface area contributed by atoms with Crippen LogP contribution in [-0.4, -0.2) is 28.8 Å².